The van der Waals surface area contributed by atoms with Gasteiger partial charge in [0.05, 0.1) is 6.04 Å². The Kier molecular flexibility index (Phi) is 3.53. The Morgan fingerprint density at radius 2 is 1.95 bits per heavy atom. The standard InChI is InChI=1S/C16H15FN2S/c1-10-6-7-11(17)8-13(10)16(19-18)14-9-20-15-5-3-2-4-12(14)15/h2-9,16,19H,18H2,1H3. The zero-order valence-corrected chi connectivity index (χ0v) is 11.9. The van der Waals surface area contributed by atoms with Gasteiger partial charge >= 0.3 is 0 Å². The lowest BCUT2D eigenvalue weighted by Gasteiger charge is -2.18. The lowest BCUT2D eigenvalue weighted by molar-refractivity contribution is 0.605. The molecule has 0 amide bonds. The minimum absolute atomic E-state index is 0.207. The van der Waals surface area contributed by atoms with Crippen LogP contribution in [-0.2, 0) is 0 Å². The van der Waals surface area contributed by atoms with Crippen molar-refractivity contribution in [2.24, 2.45) is 5.84 Å². The number of nitrogens with two attached hydrogens (primary N) is 1. The van der Waals surface area contributed by atoms with Gasteiger partial charge in [-0.25, -0.2) is 9.82 Å². The molecule has 3 rings (SSSR count). The molecule has 2 nitrogen and oxygen atoms in total. The van der Waals surface area contributed by atoms with Crippen molar-refractivity contribution in [2.75, 3.05) is 0 Å². The van der Waals surface area contributed by atoms with Crippen molar-refractivity contribution in [2.45, 2.75) is 13.0 Å². The highest BCUT2D eigenvalue weighted by Gasteiger charge is 2.18. The lowest BCUT2D eigenvalue weighted by atomic mass is 9.95. The van der Waals surface area contributed by atoms with Crippen LogP contribution in [0, 0.1) is 12.7 Å². The van der Waals surface area contributed by atoms with Crippen molar-refractivity contribution in [3.05, 3.63) is 70.4 Å². The molecule has 0 bridgehead atoms. The second kappa shape index (κ2) is 5.32. The van der Waals surface area contributed by atoms with Gasteiger partial charge in [0.25, 0.3) is 0 Å². The van der Waals surface area contributed by atoms with Crippen molar-refractivity contribution in [3.63, 3.8) is 0 Å². The second-order valence-corrected chi connectivity index (χ2v) is 5.70. The molecule has 0 saturated heterocycles. The molecule has 0 spiro atoms. The molecular formula is C16H15FN2S. The number of thiophene rings is 1. The number of benzene rings is 2. The number of rotatable bonds is 3. The fraction of sp³-hybridized carbons (Fsp3) is 0.125. The Morgan fingerprint density at radius 1 is 1.15 bits per heavy atom. The molecule has 20 heavy (non-hydrogen) atoms. The predicted molar refractivity (Wildman–Crippen MR) is 82.1 cm³/mol. The molecule has 0 aliphatic carbocycles. The zero-order valence-electron chi connectivity index (χ0n) is 11.1. The van der Waals surface area contributed by atoms with E-state index in [2.05, 4.69) is 22.9 Å². The highest BCUT2D eigenvalue weighted by Crippen LogP contribution is 2.34. The number of aryl methyl sites for hydroxylation is 1. The van der Waals surface area contributed by atoms with E-state index in [1.54, 1.807) is 23.5 Å². The summed E-state index contributed by atoms with van der Waals surface area (Å²) in [7, 11) is 0. The molecule has 102 valence electrons. The summed E-state index contributed by atoms with van der Waals surface area (Å²) < 4.78 is 14.7. The van der Waals surface area contributed by atoms with Gasteiger partial charge in [0.1, 0.15) is 5.82 Å². The van der Waals surface area contributed by atoms with Gasteiger partial charge in [-0.05, 0) is 52.6 Å². The first kappa shape index (κ1) is 13.2. The van der Waals surface area contributed by atoms with Gasteiger partial charge in [-0.2, -0.15) is 0 Å². The fourth-order valence-electron chi connectivity index (χ4n) is 2.49. The molecule has 3 aromatic rings. The maximum atomic E-state index is 13.5. The highest BCUT2D eigenvalue weighted by atomic mass is 32.1. The normalized spacial score (nSPS) is 12.8. The summed E-state index contributed by atoms with van der Waals surface area (Å²) in [6.45, 7) is 1.97. The van der Waals surface area contributed by atoms with E-state index in [1.807, 2.05) is 19.1 Å². The highest BCUT2D eigenvalue weighted by molar-refractivity contribution is 7.17. The first-order chi connectivity index (χ1) is 9.70. The van der Waals surface area contributed by atoms with Crippen LogP contribution in [0.1, 0.15) is 22.7 Å². The van der Waals surface area contributed by atoms with Crippen LogP contribution in [0.2, 0.25) is 0 Å². The van der Waals surface area contributed by atoms with Crippen LogP contribution >= 0.6 is 11.3 Å². The second-order valence-electron chi connectivity index (χ2n) is 4.79. The molecule has 1 heterocycles. The molecule has 0 aliphatic rings. The summed E-state index contributed by atoms with van der Waals surface area (Å²) in [4.78, 5) is 0. The monoisotopic (exact) mass is 286 g/mol. The van der Waals surface area contributed by atoms with Gasteiger partial charge in [-0.15, -0.1) is 11.3 Å². The minimum Gasteiger partial charge on any atom is -0.271 e. The van der Waals surface area contributed by atoms with Crippen molar-refractivity contribution in [1.29, 1.82) is 0 Å². The summed E-state index contributed by atoms with van der Waals surface area (Å²) in [5.41, 5.74) is 5.80. The van der Waals surface area contributed by atoms with Crippen LogP contribution in [0.15, 0.2) is 47.8 Å². The maximum Gasteiger partial charge on any atom is 0.123 e. The maximum absolute atomic E-state index is 13.5. The van der Waals surface area contributed by atoms with E-state index < -0.39 is 0 Å². The van der Waals surface area contributed by atoms with E-state index in [0.29, 0.717) is 0 Å². The minimum atomic E-state index is -0.245. The van der Waals surface area contributed by atoms with Crippen LogP contribution in [0.25, 0.3) is 10.1 Å². The molecule has 0 saturated carbocycles. The molecule has 1 atom stereocenters. The number of hydrogen-bond donors (Lipinski definition) is 2. The van der Waals surface area contributed by atoms with Gasteiger partial charge in [0, 0.05) is 4.70 Å². The van der Waals surface area contributed by atoms with Gasteiger partial charge in [0.15, 0.2) is 0 Å². The van der Waals surface area contributed by atoms with Gasteiger partial charge in [-0.1, -0.05) is 24.3 Å². The summed E-state index contributed by atoms with van der Waals surface area (Å²) in [5.74, 6) is 5.49. The van der Waals surface area contributed by atoms with Crippen LogP contribution < -0.4 is 11.3 Å². The Bertz CT molecular complexity index is 751. The van der Waals surface area contributed by atoms with Crippen LogP contribution in [0.5, 0.6) is 0 Å². The van der Waals surface area contributed by atoms with E-state index in [-0.39, 0.29) is 11.9 Å². The average Bonchev–Trinajstić information content (AvgIpc) is 2.88. The largest absolute Gasteiger partial charge is 0.271 e. The third-order valence-corrected chi connectivity index (χ3v) is 4.52. The first-order valence-corrected chi connectivity index (χ1v) is 7.27. The number of hydrazine groups is 1. The third-order valence-electron chi connectivity index (χ3n) is 3.54. The Hall–Kier alpha value is -1.75. The SMILES string of the molecule is Cc1ccc(F)cc1C(NN)c1csc2ccccc12. The molecule has 0 aliphatic heterocycles. The smallest absolute Gasteiger partial charge is 0.123 e. The Morgan fingerprint density at radius 3 is 2.75 bits per heavy atom. The number of hydrogen-bond acceptors (Lipinski definition) is 3. The summed E-state index contributed by atoms with van der Waals surface area (Å²) in [5, 5.41) is 3.24. The summed E-state index contributed by atoms with van der Waals surface area (Å²) in [6.07, 6.45) is 0. The molecule has 3 N–H and O–H groups in total. The summed E-state index contributed by atoms with van der Waals surface area (Å²) >= 11 is 1.67. The number of fused-ring (bicyclic) bond motifs is 1. The van der Waals surface area contributed by atoms with Crippen LogP contribution in [0.3, 0.4) is 0 Å². The molecule has 0 fully saturated rings. The Labute approximate surface area is 121 Å². The van der Waals surface area contributed by atoms with E-state index in [9.17, 15) is 4.39 Å². The molecular weight excluding hydrogens is 271 g/mol. The van der Waals surface area contributed by atoms with E-state index >= 15 is 0 Å². The van der Waals surface area contributed by atoms with Crippen molar-refractivity contribution in [3.8, 4) is 0 Å². The average molecular weight is 286 g/mol. The van der Waals surface area contributed by atoms with Crippen LogP contribution in [0.4, 0.5) is 4.39 Å². The molecule has 1 aromatic heterocycles. The summed E-state index contributed by atoms with van der Waals surface area (Å²) in [6, 6.07) is 12.8. The lowest BCUT2D eigenvalue weighted by Crippen LogP contribution is -2.29. The van der Waals surface area contributed by atoms with E-state index in [4.69, 9.17) is 5.84 Å². The van der Waals surface area contributed by atoms with Gasteiger partial charge in [0.2, 0.25) is 0 Å². The van der Waals surface area contributed by atoms with Crippen molar-refractivity contribution < 1.29 is 4.39 Å². The van der Waals surface area contributed by atoms with Crippen LogP contribution in [-0.4, -0.2) is 0 Å². The van der Waals surface area contributed by atoms with Crippen molar-refractivity contribution in [1.82, 2.24) is 5.43 Å². The number of halogens is 1. The Balaban J connectivity index is 2.16. The predicted octanol–water partition coefficient (Wildman–Crippen LogP) is 3.90. The van der Waals surface area contributed by atoms with Gasteiger partial charge < -0.3 is 0 Å². The fourth-order valence-corrected chi connectivity index (χ4v) is 3.48. The number of nitrogens with one attached hydrogen (secondary N) is 1. The topological polar surface area (TPSA) is 38.0 Å². The molecule has 2 aromatic carbocycles. The zero-order chi connectivity index (χ0) is 14.1. The quantitative estimate of drug-likeness (QED) is 0.566. The third kappa shape index (κ3) is 2.22. The first-order valence-electron chi connectivity index (χ1n) is 6.39. The molecule has 1 unspecified atom stereocenters. The van der Waals surface area contributed by atoms with Crippen molar-refractivity contribution >= 4 is 21.4 Å². The van der Waals surface area contributed by atoms with E-state index in [0.717, 1.165) is 22.1 Å². The molecule has 0 radical (unpaired) electrons. The molecule has 4 heteroatoms. The van der Waals surface area contributed by atoms with Gasteiger partial charge in [-0.3, -0.25) is 5.84 Å². The van der Waals surface area contributed by atoms with E-state index in [1.165, 1.54) is 10.8 Å².